The smallest absolute Gasteiger partial charge is 0.246 e. The molecule has 20 heavy (non-hydrogen) atoms. The van der Waals surface area contributed by atoms with E-state index in [1.807, 2.05) is 31.2 Å². The van der Waals surface area contributed by atoms with Crippen molar-refractivity contribution in [3.63, 3.8) is 0 Å². The average Bonchev–Trinajstić information content (AvgIpc) is 2.47. The van der Waals surface area contributed by atoms with Crippen molar-refractivity contribution in [3.05, 3.63) is 35.9 Å². The molecule has 1 aromatic carbocycles. The molecule has 1 saturated heterocycles. The van der Waals surface area contributed by atoms with E-state index in [1.165, 1.54) is 0 Å². The van der Waals surface area contributed by atoms with E-state index in [2.05, 4.69) is 0 Å². The molecule has 1 aromatic rings. The Morgan fingerprint density at radius 3 is 2.80 bits per heavy atom. The molecular weight excluding hydrogens is 254 g/mol. The highest BCUT2D eigenvalue weighted by atomic mass is 16.5. The molecule has 1 fully saturated rings. The zero-order valence-electron chi connectivity index (χ0n) is 11.8. The van der Waals surface area contributed by atoms with Crippen LogP contribution in [-0.4, -0.2) is 41.7 Å². The molecule has 0 radical (unpaired) electrons. The van der Waals surface area contributed by atoms with Gasteiger partial charge in [-0.05, 0) is 31.9 Å². The number of amides is 1. The summed E-state index contributed by atoms with van der Waals surface area (Å²) in [5, 5.41) is 9.44. The van der Waals surface area contributed by atoms with E-state index in [9.17, 15) is 9.90 Å². The fourth-order valence-electron chi connectivity index (χ4n) is 2.26. The minimum Gasteiger partial charge on any atom is -0.493 e. The number of likely N-dealkylation sites (tertiary alicyclic amines) is 1. The minimum absolute atomic E-state index is 0.0109. The van der Waals surface area contributed by atoms with Gasteiger partial charge in [-0.1, -0.05) is 18.2 Å². The number of carbonyl (C=O) groups excluding carboxylic acids is 1. The first-order valence-corrected chi connectivity index (χ1v) is 7.07. The van der Waals surface area contributed by atoms with Gasteiger partial charge in [0.1, 0.15) is 5.75 Å². The topological polar surface area (TPSA) is 49.8 Å². The van der Waals surface area contributed by atoms with Crippen LogP contribution in [0, 0.1) is 0 Å². The summed E-state index contributed by atoms with van der Waals surface area (Å²) in [7, 11) is 0. The second kappa shape index (κ2) is 7.10. The molecule has 0 saturated carbocycles. The van der Waals surface area contributed by atoms with Crippen LogP contribution in [0.25, 0.3) is 6.08 Å². The lowest BCUT2D eigenvalue weighted by Gasteiger charge is -2.28. The molecule has 0 spiro atoms. The summed E-state index contributed by atoms with van der Waals surface area (Å²) in [4.78, 5) is 13.8. The van der Waals surface area contributed by atoms with Crippen LogP contribution >= 0.6 is 0 Å². The maximum absolute atomic E-state index is 12.1. The normalized spacial score (nSPS) is 16.6. The molecule has 1 aliphatic heterocycles. The largest absolute Gasteiger partial charge is 0.493 e. The van der Waals surface area contributed by atoms with Crippen molar-refractivity contribution in [2.24, 2.45) is 0 Å². The summed E-state index contributed by atoms with van der Waals surface area (Å²) in [6.07, 6.45) is 4.43. The maximum atomic E-state index is 12.1. The van der Waals surface area contributed by atoms with Gasteiger partial charge in [0.15, 0.2) is 0 Å². The summed E-state index contributed by atoms with van der Waals surface area (Å²) in [5.41, 5.74) is 0.903. The van der Waals surface area contributed by atoms with Crippen molar-refractivity contribution >= 4 is 12.0 Å². The Bertz CT molecular complexity index is 476. The van der Waals surface area contributed by atoms with Gasteiger partial charge in [-0.25, -0.2) is 0 Å². The molecular formula is C16H21NO3. The number of nitrogens with zero attached hydrogens (tertiary/aromatic N) is 1. The molecule has 108 valence electrons. The lowest BCUT2D eigenvalue weighted by Crippen LogP contribution is -2.39. The molecule has 4 nitrogen and oxygen atoms in total. The Morgan fingerprint density at radius 1 is 1.40 bits per heavy atom. The number of ether oxygens (including phenoxy) is 1. The zero-order chi connectivity index (χ0) is 14.4. The standard InChI is InChI=1S/C16H21NO3/c1-2-20-15-6-4-3-5-13(15)7-8-16(19)17-11-9-14(18)10-12-17/h3-8,14,18H,2,9-12H2,1H3/b8-7-. The SMILES string of the molecule is CCOc1ccccc1/C=C\C(=O)N1CCC(O)CC1. The van der Waals surface area contributed by atoms with Gasteiger partial charge >= 0.3 is 0 Å². The average molecular weight is 275 g/mol. The third-order valence-corrected chi connectivity index (χ3v) is 3.40. The van der Waals surface area contributed by atoms with Gasteiger partial charge < -0.3 is 14.7 Å². The van der Waals surface area contributed by atoms with Crippen LogP contribution in [0.3, 0.4) is 0 Å². The first-order chi connectivity index (χ1) is 9.70. The minimum atomic E-state index is -0.262. The van der Waals surface area contributed by atoms with Gasteiger partial charge in [-0.2, -0.15) is 0 Å². The number of aliphatic hydroxyl groups excluding tert-OH is 1. The van der Waals surface area contributed by atoms with Crippen LogP contribution in [-0.2, 0) is 4.79 Å². The van der Waals surface area contributed by atoms with Crippen LogP contribution in [0.2, 0.25) is 0 Å². The number of rotatable bonds is 4. The van der Waals surface area contributed by atoms with Crippen molar-refractivity contribution in [1.29, 1.82) is 0 Å². The van der Waals surface area contributed by atoms with Gasteiger partial charge in [-0.3, -0.25) is 4.79 Å². The molecule has 4 heteroatoms. The first-order valence-electron chi connectivity index (χ1n) is 7.07. The van der Waals surface area contributed by atoms with Crippen molar-refractivity contribution < 1.29 is 14.6 Å². The third-order valence-electron chi connectivity index (χ3n) is 3.40. The van der Waals surface area contributed by atoms with Crippen LogP contribution in [0.4, 0.5) is 0 Å². The first kappa shape index (κ1) is 14.6. The fourth-order valence-corrected chi connectivity index (χ4v) is 2.26. The Kier molecular flexibility index (Phi) is 5.18. The van der Waals surface area contributed by atoms with E-state index in [-0.39, 0.29) is 12.0 Å². The third kappa shape index (κ3) is 3.84. The summed E-state index contributed by atoms with van der Waals surface area (Å²) in [6, 6.07) is 7.65. The summed E-state index contributed by atoms with van der Waals surface area (Å²) in [5.74, 6) is 0.774. The van der Waals surface area contributed by atoms with E-state index in [4.69, 9.17) is 4.74 Å². The number of hydrogen-bond acceptors (Lipinski definition) is 3. The van der Waals surface area contributed by atoms with E-state index < -0.39 is 0 Å². The second-order valence-corrected chi connectivity index (χ2v) is 4.86. The predicted octanol–water partition coefficient (Wildman–Crippen LogP) is 2.08. The number of piperidine rings is 1. The van der Waals surface area contributed by atoms with Gasteiger partial charge in [0.05, 0.1) is 12.7 Å². The molecule has 0 aliphatic carbocycles. The number of benzene rings is 1. The Hall–Kier alpha value is -1.81. The molecule has 0 atom stereocenters. The van der Waals surface area contributed by atoms with Gasteiger partial charge in [0.2, 0.25) is 5.91 Å². The highest BCUT2D eigenvalue weighted by Crippen LogP contribution is 2.19. The van der Waals surface area contributed by atoms with Crippen molar-refractivity contribution in [1.82, 2.24) is 4.90 Å². The molecule has 1 aliphatic rings. The van der Waals surface area contributed by atoms with E-state index >= 15 is 0 Å². The monoisotopic (exact) mass is 275 g/mol. The molecule has 0 bridgehead atoms. The fraction of sp³-hybridized carbons (Fsp3) is 0.438. The number of para-hydroxylation sites is 1. The summed E-state index contributed by atoms with van der Waals surface area (Å²) in [6.45, 7) is 3.78. The van der Waals surface area contributed by atoms with Crippen LogP contribution in [0.1, 0.15) is 25.3 Å². The molecule has 1 N–H and O–H groups in total. The second-order valence-electron chi connectivity index (χ2n) is 4.86. The lowest BCUT2D eigenvalue weighted by molar-refractivity contribution is -0.127. The maximum Gasteiger partial charge on any atom is 0.246 e. The highest BCUT2D eigenvalue weighted by molar-refractivity contribution is 5.92. The predicted molar refractivity (Wildman–Crippen MR) is 78.5 cm³/mol. The highest BCUT2D eigenvalue weighted by Gasteiger charge is 2.19. The number of hydrogen-bond donors (Lipinski definition) is 1. The van der Waals surface area contributed by atoms with Gasteiger partial charge in [-0.15, -0.1) is 0 Å². The van der Waals surface area contributed by atoms with Crippen molar-refractivity contribution in [2.75, 3.05) is 19.7 Å². The molecule has 2 rings (SSSR count). The molecule has 0 unspecified atom stereocenters. The van der Waals surface area contributed by atoms with Crippen LogP contribution < -0.4 is 4.74 Å². The summed E-state index contributed by atoms with van der Waals surface area (Å²) >= 11 is 0. The molecule has 1 heterocycles. The number of carbonyl (C=O) groups is 1. The van der Waals surface area contributed by atoms with Crippen molar-refractivity contribution in [2.45, 2.75) is 25.9 Å². The van der Waals surface area contributed by atoms with Gasteiger partial charge in [0, 0.05) is 24.7 Å². The Balaban J connectivity index is 2.00. The molecule has 1 amide bonds. The van der Waals surface area contributed by atoms with E-state index in [0.717, 1.165) is 11.3 Å². The molecule has 0 aromatic heterocycles. The van der Waals surface area contributed by atoms with Crippen LogP contribution in [0.15, 0.2) is 30.3 Å². The Morgan fingerprint density at radius 2 is 2.10 bits per heavy atom. The summed E-state index contributed by atoms with van der Waals surface area (Å²) < 4.78 is 5.52. The quantitative estimate of drug-likeness (QED) is 0.856. The number of aliphatic hydroxyl groups is 1. The van der Waals surface area contributed by atoms with Crippen molar-refractivity contribution in [3.8, 4) is 5.75 Å². The van der Waals surface area contributed by atoms with Crippen LogP contribution in [0.5, 0.6) is 5.75 Å². The zero-order valence-corrected chi connectivity index (χ0v) is 11.8. The lowest BCUT2D eigenvalue weighted by atomic mass is 10.1. The Labute approximate surface area is 119 Å². The van der Waals surface area contributed by atoms with E-state index in [0.29, 0.717) is 32.5 Å². The van der Waals surface area contributed by atoms with Gasteiger partial charge in [0.25, 0.3) is 0 Å². The van der Waals surface area contributed by atoms with E-state index in [1.54, 1.807) is 17.1 Å².